The van der Waals surface area contributed by atoms with E-state index < -0.39 is 58.4 Å². The molecule has 42 heavy (non-hydrogen) atoms. The number of nitrogens with zero attached hydrogens (tertiary/aromatic N) is 1. The molecule has 12 heteroatoms. The summed E-state index contributed by atoms with van der Waals surface area (Å²) >= 11 is 0. The second kappa shape index (κ2) is 11.3. The summed E-state index contributed by atoms with van der Waals surface area (Å²) < 4.78 is 51.7. The third-order valence-corrected chi connectivity index (χ3v) is 10.1. The van der Waals surface area contributed by atoms with Crippen LogP contribution in [0.15, 0.2) is 97.1 Å². The minimum Gasteiger partial charge on any atom is -0.508 e. The molecule has 0 spiro atoms. The molecule has 4 aromatic carbocycles. The highest BCUT2D eigenvalue weighted by Gasteiger charge is 2.56. The highest BCUT2D eigenvalue weighted by atomic mass is 32.2. The summed E-state index contributed by atoms with van der Waals surface area (Å²) in [6.07, 6.45) is -0.411. The molecule has 0 radical (unpaired) electrons. The molecule has 0 saturated carbocycles. The van der Waals surface area contributed by atoms with Crippen molar-refractivity contribution in [2.24, 2.45) is 0 Å². The van der Waals surface area contributed by atoms with Gasteiger partial charge in [-0.3, -0.25) is 14.2 Å². The molecule has 1 saturated heterocycles. The maximum atomic E-state index is 13.5. The van der Waals surface area contributed by atoms with Crippen molar-refractivity contribution in [2.45, 2.75) is 17.7 Å². The second-order valence-electron chi connectivity index (χ2n) is 9.82. The number of carbonyl (C=O) groups is 2. The zero-order valence-electron chi connectivity index (χ0n) is 21.9. The minimum absolute atomic E-state index is 0.149. The first kappa shape index (κ1) is 29.3. The lowest BCUT2D eigenvalue weighted by Crippen LogP contribution is -2.62. The Morgan fingerprint density at radius 2 is 1.50 bits per heavy atom. The van der Waals surface area contributed by atoms with E-state index in [4.69, 9.17) is 0 Å². The molecule has 2 atom stereocenters. The van der Waals surface area contributed by atoms with Gasteiger partial charge < -0.3 is 19.8 Å². The van der Waals surface area contributed by atoms with E-state index >= 15 is 0 Å². The monoisotopic (exact) mass is 609 g/mol. The number of hydrogen-bond donors (Lipinski definition) is 3. The number of phenols is 1. The van der Waals surface area contributed by atoms with Crippen molar-refractivity contribution in [3.63, 3.8) is 0 Å². The molecule has 0 bridgehead atoms. The van der Waals surface area contributed by atoms with Gasteiger partial charge in [0.1, 0.15) is 11.6 Å². The van der Waals surface area contributed by atoms with Gasteiger partial charge in [0, 0.05) is 23.2 Å². The van der Waals surface area contributed by atoms with Gasteiger partial charge in [0.25, 0.3) is 0 Å². The van der Waals surface area contributed by atoms with Crippen LogP contribution >= 0.6 is 7.60 Å². The van der Waals surface area contributed by atoms with Crippen LogP contribution in [-0.2, 0) is 19.2 Å². The van der Waals surface area contributed by atoms with Crippen molar-refractivity contribution in [2.75, 3.05) is 10.7 Å². The zero-order chi connectivity index (χ0) is 30.2. The van der Waals surface area contributed by atoms with Crippen LogP contribution in [0.25, 0.3) is 11.1 Å². The molecule has 4 aromatic rings. The maximum Gasteiger partial charge on any atom is 0.356 e. The van der Waals surface area contributed by atoms with E-state index in [2.05, 4.69) is 0 Å². The normalized spacial score (nSPS) is 17.1. The van der Waals surface area contributed by atoms with Gasteiger partial charge in [-0.2, -0.15) is 0 Å². The predicted molar refractivity (Wildman–Crippen MR) is 155 cm³/mol. The molecule has 5 rings (SSSR count). The predicted octanol–water partition coefficient (Wildman–Crippen LogP) is 4.15. The van der Waals surface area contributed by atoms with Gasteiger partial charge in [0.2, 0.25) is 5.91 Å². The Balaban J connectivity index is 1.45. The van der Waals surface area contributed by atoms with Crippen LogP contribution in [-0.4, -0.2) is 46.0 Å². The molecule has 0 aromatic heterocycles. The fourth-order valence-electron chi connectivity index (χ4n) is 4.95. The third-order valence-electron chi connectivity index (χ3n) is 7.13. The van der Waals surface area contributed by atoms with E-state index in [0.29, 0.717) is 16.8 Å². The van der Waals surface area contributed by atoms with Gasteiger partial charge in [0.15, 0.2) is 20.9 Å². The van der Waals surface area contributed by atoms with E-state index in [1.165, 1.54) is 53.4 Å². The highest BCUT2D eigenvalue weighted by Crippen LogP contribution is 2.46. The first-order chi connectivity index (χ1) is 19.9. The van der Waals surface area contributed by atoms with Gasteiger partial charge in [-0.05, 0) is 65.7 Å². The average molecular weight is 610 g/mol. The van der Waals surface area contributed by atoms with E-state index in [0.717, 1.165) is 12.1 Å². The number of carbonyl (C=O) groups excluding carboxylic acids is 2. The highest BCUT2D eigenvalue weighted by molar-refractivity contribution is 7.93. The molecule has 1 heterocycles. The lowest BCUT2D eigenvalue weighted by molar-refractivity contribution is -0.123. The number of anilines is 1. The Labute approximate surface area is 241 Å². The van der Waals surface area contributed by atoms with Crippen molar-refractivity contribution in [1.82, 2.24) is 0 Å². The van der Waals surface area contributed by atoms with Gasteiger partial charge >= 0.3 is 7.60 Å². The Kier molecular flexibility index (Phi) is 7.87. The van der Waals surface area contributed by atoms with Crippen molar-refractivity contribution in [3.8, 4) is 16.9 Å². The lowest BCUT2D eigenvalue weighted by Gasteiger charge is -2.46. The second-order valence-corrected chi connectivity index (χ2v) is 13.7. The Morgan fingerprint density at radius 1 is 0.881 bits per heavy atom. The molecule has 1 amide bonds. The summed E-state index contributed by atoms with van der Waals surface area (Å²) in [6.45, 7) is 0. The number of rotatable bonds is 9. The number of halogens is 1. The number of phenolic OH excluding ortho intramolecular Hbond substituents is 1. The van der Waals surface area contributed by atoms with Crippen molar-refractivity contribution < 1.29 is 41.9 Å². The van der Waals surface area contributed by atoms with Crippen molar-refractivity contribution in [3.05, 3.63) is 114 Å². The number of sulfone groups is 1. The largest absolute Gasteiger partial charge is 0.508 e. The molecule has 9 nitrogen and oxygen atoms in total. The summed E-state index contributed by atoms with van der Waals surface area (Å²) in [4.78, 5) is 45.9. The molecule has 1 fully saturated rings. The van der Waals surface area contributed by atoms with Crippen LogP contribution in [0, 0.1) is 5.82 Å². The first-order valence-corrected chi connectivity index (χ1v) is 16.1. The Bertz CT molecular complexity index is 1810. The molecule has 0 aliphatic carbocycles. The summed E-state index contributed by atoms with van der Waals surface area (Å²) in [5.41, 5.74) is 1.79. The van der Waals surface area contributed by atoms with Gasteiger partial charge in [-0.1, -0.05) is 42.5 Å². The quantitative estimate of drug-likeness (QED) is 0.146. The fourth-order valence-corrected chi connectivity index (χ4v) is 7.30. The SMILES string of the molecule is O=C(CCS(=O)(=O)C1C(=O)N(c2ccccc2)C1c1ccc(-c2ccc(P(=O)(O)O)cc2)cc1O)c1ccc(F)cc1. The Hall–Kier alpha value is -4.15. The number of β-lactam (4-membered cyclic amide) rings is 1. The molecule has 3 N–H and O–H groups in total. The summed E-state index contributed by atoms with van der Waals surface area (Å²) in [6, 6.07) is 22.0. The summed E-state index contributed by atoms with van der Waals surface area (Å²) in [5.74, 6) is -2.65. The molecule has 216 valence electrons. The van der Waals surface area contributed by atoms with Crippen LogP contribution in [0.1, 0.15) is 28.4 Å². The van der Waals surface area contributed by atoms with E-state index in [1.807, 2.05) is 0 Å². The van der Waals surface area contributed by atoms with E-state index in [1.54, 1.807) is 36.4 Å². The molecule has 1 aliphatic heterocycles. The van der Waals surface area contributed by atoms with Crippen LogP contribution in [0.4, 0.5) is 10.1 Å². The van der Waals surface area contributed by atoms with Gasteiger partial charge in [0.05, 0.1) is 17.1 Å². The molecular weight excluding hydrogens is 584 g/mol. The number of amides is 1. The van der Waals surface area contributed by atoms with Gasteiger partial charge in [-0.15, -0.1) is 0 Å². The van der Waals surface area contributed by atoms with Gasteiger partial charge in [-0.25, -0.2) is 12.8 Å². The van der Waals surface area contributed by atoms with Crippen LogP contribution in [0.3, 0.4) is 0 Å². The smallest absolute Gasteiger partial charge is 0.356 e. The number of hydrogen-bond acceptors (Lipinski definition) is 6. The number of ketones is 1. The fraction of sp³-hybridized carbons (Fsp3) is 0.133. The summed E-state index contributed by atoms with van der Waals surface area (Å²) in [5, 5.41) is 9.33. The van der Waals surface area contributed by atoms with Crippen LogP contribution in [0.2, 0.25) is 0 Å². The van der Waals surface area contributed by atoms with Crippen LogP contribution in [0.5, 0.6) is 5.75 Å². The van der Waals surface area contributed by atoms with Crippen molar-refractivity contribution >= 4 is 40.1 Å². The van der Waals surface area contributed by atoms with Crippen molar-refractivity contribution in [1.29, 1.82) is 0 Å². The van der Waals surface area contributed by atoms with E-state index in [-0.39, 0.29) is 22.2 Å². The van der Waals surface area contributed by atoms with Crippen LogP contribution < -0.4 is 10.2 Å². The number of para-hydroxylation sites is 1. The topological polar surface area (TPSA) is 149 Å². The first-order valence-electron chi connectivity index (χ1n) is 12.7. The van der Waals surface area contributed by atoms with E-state index in [9.17, 15) is 41.9 Å². The number of aromatic hydroxyl groups is 1. The maximum absolute atomic E-state index is 13.5. The molecular formula is C30H25FNO8PS. The third kappa shape index (κ3) is 5.77. The summed E-state index contributed by atoms with van der Waals surface area (Å²) in [7, 11) is -8.62. The number of Topliss-reactive ketones (excluding diaryl/α,β-unsaturated/α-hetero) is 1. The number of benzene rings is 4. The minimum atomic E-state index is -4.43. The Morgan fingerprint density at radius 3 is 2.10 bits per heavy atom. The zero-order valence-corrected chi connectivity index (χ0v) is 23.6. The molecule has 2 unspecified atom stereocenters. The lowest BCUT2D eigenvalue weighted by atomic mass is 9.90. The molecule has 1 aliphatic rings. The average Bonchev–Trinajstić information content (AvgIpc) is 2.95. The standard InChI is InChI=1S/C30H25FNO8PS/c31-22-11-6-20(7-12-22)26(33)16-17-42(39,40)29-28(32(30(29)35)23-4-2-1-3-5-23)25-15-10-21(18-27(25)34)19-8-13-24(14-9-19)41(36,37)38/h1-15,18,28-29,34H,16-17H2,(H2,36,37,38).